The average Bonchev–Trinajstić information content (AvgIpc) is 2.39. The summed E-state index contributed by atoms with van der Waals surface area (Å²) in [6, 6.07) is 5.43. The Labute approximate surface area is 115 Å². The van der Waals surface area contributed by atoms with Crippen LogP contribution in [0.1, 0.15) is 18.9 Å². The predicted molar refractivity (Wildman–Crippen MR) is 72.7 cm³/mol. The number of hydrogen-bond donors (Lipinski definition) is 0. The summed E-state index contributed by atoms with van der Waals surface area (Å²) in [5, 5.41) is 1.19. The van der Waals surface area contributed by atoms with Crippen molar-refractivity contribution in [3.8, 4) is 11.8 Å². The third kappa shape index (κ3) is 3.43. The Balaban J connectivity index is 2.18. The van der Waals surface area contributed by atoms with Crippen molar-refractivity contribution < 1.29 is 9.53 Å². The Morgan fingerprint density at radius 3 is 3.05 bits per heavy atom. The normalized spacial score (nSPS) is 9.79. The maximum absolute atomic E-state index is 11.1. The van der Waals surface area contributed by atoms with Crippen LogP contribution in [0.15, 0.2) is 24.5 Å². The predicted octanol–water partition coefficient (Wildman–Crippen LogP) is 2.59. The van der Waals surface area contributed by atoms with Crippen molar-refractivity contribution in [2.24, 2.45) is 0 Å². The zero-order valence-corrected chi connectivity index (χ0v) is 11.1. The summed E-state index contributed by atoms with van der Waals surface area (Å²) >= 11 is 5.94. The lowest BCUT2D eigenvalue weighted by molar-refractivity contribution is -0.141. The number of aromatic nitrogens is 2. The molecule has 1 aromatic carbocycles. The number of carbonyl (C=O) groups excluding carboxylic acids is 1. The second-order valence-corrected chi connectivity index (χ2v) is 4.04. The number of hydrogen-bond acceptors (Lipinski definition) is 4. The fourth-order valence-corrected chi connectivity index (χ4v) is 1.74. The molecular formula is C14H11ClN2O2. The molecule has 0 N–H and O–H groups in total. The molecule has 2 rings (SSSR count). The summed E-state index contributed by atoms with van der Waals surface area (Å²) in [4.78, 5) is 19.1. The molecular weight excluding hydrogens is 264 g/mol. The van der Waals surface area contributed by atoms with E-state index in [-0.39, 0.29) is 12.4 Å². The standard InChI is InChI=1S/C14H11ClN2O2/c1-2-19-13(18)5-3-4-10-6-7-11-12(8-10)16-9-17-14(11)15/h6-9H,2,5H2,1H3. The third-order valence-electron chi connectivity index (χ3n) is 2.36. The summed E-state index contributed by atoms with van der Waals surface area (Å²) in [6.45, 7) is 2.13. The van der Waals surface area contributed by atoms with Crippen molar-refractivity contribution >= 4 is 28.5 Å². The molecule has 0 aliphatic rings. The minimum Gasteiger partial charge on any atom is -0.465 e. The molecule has 0 amide bonds. The molecule has 0 unspecified atom stereocenters. The molecule has 96 valence electrons. The number of benzene rings is 1. The van der Waals surface area contributed by atoms with Crippen LogP contribution >= 0.6 is 11.6 Å². The molecule has 2 aromatic rings. The van der Waals surface area contributed by atoms with Crippen LogP contribution in [0.4, 0.5) is 0 Å². The van der Waals surface area contributed by atoms with Gasteiger partial charge in [0.15, 0.2) is 0 Å². The first-order chi connectivity index (χ1) is 9.20. The summed E-state index contributed by atoms with van der Waals surface area (Å²) in [5.74, 6) is 5.34. The summed E-state index contributed by atoms with van der Waals surface area (Å²) in [5.41, 5.74) is 1.49. The van der Waals surface area contributed by atoms with Gasteiger partial charge in [0.05, 0.1) is 12.1 Å². The quantitative estimate of drug-likeness (QED) is 0.480. The van der Waals surface area contributed by atoms with Crippen LogP contribution in [0, 0.1) is 11.8 Å². The zero-order valence-electron chi connectivity index (χ0n) is 10.3. The molecule has 5 heteroatoms. The summed E-state index contributed by atoms with van der Waals surface area (Å²) < 4.78 is 4.79. The van der Waals surface area contributed by atoms with E-state index in [1.165, 1.54) is 6.33 Å². The number of carbonyl (C=O) groups is 1. The van der Waals surface area contributed by atoms with E-state index >= 15 is 0 Å². The Bertz CT molecular complexity index is 674. The highest BCUT2D eigenvalue weighted by Gasteiger charge is 2.01. The van der Waals surface area contributed by atoms with E-state index in [0.29, 0.717) is 11.8 Å². The monoisotopic (exact) mass is 274 g/mol. The van der Waals surface area contributed by atoms with Gasteiger partial charge in [0.1, 0.15) is 17.9 Å². The van der Waals surface area contributed by atoms with Gasteiger partial charge in [-0.15, -0.1) is 0 Å². The number of halogens is 1. The minimum atomic E-state index is -0.318. The maximum atomic E-state index is 11.1. The van der Waals surface area contributed by atoms with Crippen LogP contribution in [0.5, 0.6) is 0 Å². The molecule has 0 saturated carbocycles. The van der Waals surface area contributed by atoms with Gasteiger partial charge in [-0.25, -0.2) is 9.97 Å². The van der Waals surface area contributed by atoms with Crippen molar-refractivity contribution in [1.29, 1.82) is 0 Å². The second kappa shape index (κ2) is 6.17. The largest absolute Gasteiger partial charge is 0.465 e. The van der Waals surface area contributed by atoms with E-state index in [9.17, 15) is 4.79 Å². The molecule has 0 aliphatic heterocycles. The molecule has 0 bridgehead atoms. The molecule has 0 radical (unpaired) electrons. The van der Waals surface area contributed by atoms with E-state index < -0.39 is 0 Å². The highest BCUT2D eigenvalue weighted by molar-refractivity contribution is 6.34. The van der Waals surface area contributed by atoms with Gasteiger partial charge in [0.2, 0.25) is 0 Å². The molecule has 19 heavy (non-hydrogen) atoms. The van der Waals surface area contributed by atoms with Crippen LogP contribution in [-0.4, -0.2) is 22.5 Å². The Morgan fingerprint density at radius 1 is 1.42 bits per heavy atom. The highest BCUT2D eigenvalue weighted by Crippen LogP contribution is 2.19. The van der Waals surface area contributed by atoms with Gasteiger partial charge < -0.3 is 4.74 Å². The number of nitrogens with zero attached hydrogens (tertiary/aromatic N) is 2. The van der Waals surface area contributed by atoms with Crippen molar-refractivity contribution in [2.75, 3.05) is 6.61 Å². The zero-order chi connectivity index (χ0) is 13.7. The molecule has 1 aromatic heterocycles. The van der Waals surface area contributed by atoms with E-state index in [1.807, 2.05) is 12.1 Å². The third-order valence-corrected chi connectivity index (χ3v) is 2.66. The first kappa shape index (κ1) is 13.3. The SMILES string of the molecule is CCOC(=O)CC#Cc1ccc2c(Cl)ncnc2c1. The van der Waals surface area contributed by atoms with Crippen LogP contribution in [0.3, 0.4) is 0 Å². The van der Waals surface area contributed by atoms with E-state index in [2.05, 4.69) is 21.8 Å². The molecule has 0 saturated heterocycles. The lowest BCUT2D eigenvalue weighted by Gasteiger charge is -1.98. The maximum Gasteiger partial charge on any atom is 0.317 e. The molecule has 0 aliphatic carbocycles. The van der Waals surface area contributed by atoms with E-state index in [0.717, 1.165) is 16.5 Å². The minimum absolute atomic E-state index is 0.0798. The average molecular weight is 275 g/mol. The first-order valence-corrected chi connectivity index (χ1v) is 6.13. The van der Waals surface area contributed by atoms with Crippen molar-refractivity contribution in [3.63, 3.8) is 0 Å². The Hall–Kier alpha value is -2.12. The molecule has 4 nitrogen and oxygen atoms in total. The number of esters is 1. The van der Waals surface area contributed by atoms with Crippen molar-refractivity contribution in [3.05, 3.63) is 35.2 Å². The first-order valence-electron chi connectivity index (χ1n) is 5.75. The van der Waals surface area contributed by atoms with Gasteiger partial charge in [0, 0.05) is 10.9 Å². The molecule has 0 atom stereocenters. The topological polar surface area (TPSA) is 52.1 Å². The molecule has 0 spiro atoms. The lowest BCUT2D eigenvalue weighted by Crippen LogP contribution is -2.01. The van der Waals surface area contributed by atoms with Gasteiger partial charge >= 0.3 is 5.97 Å². The van der Waals surface area contributed by atoms with Crippen LogP contribution in [0.25, 0.3) is 10.9 Å². The van der Waals surface area contributed by atoms with Gasteiger partial charge in [-0.05, 0) is 25.1 Å². The fourth-order valence-electron chi connectivity index (χ4n) is 1.53. The Morgan fingerprint density at radius 2 is 2.26 bits per heavy atom. The van der Waals surface area contributed by atoms with Crippen LogP contribution < -0.4 is 0 Å². The number of rotatable bonds is 2. The van der Waals surface area contributed by atoms with E-state index in [1.54, 1.807) is 13.0 Å². The van der Waals surface area contributed by atoms with Gasteiger partial charge in [-0.2, -0.15) is 0 Å². The highest BCUT2D eigenvalue weighted by atomic mass is 35.5. The second-order valence-electron chi connectivity index (χ2n) is 3.68. The van der Waals surface area contributed by atoms with Gasteiger partial charge in [0.25, 0.3) is 0 Å². The fraction of sp³-hybridized carbons (Fsp3) is 0.214. The van der Waals surface area contributed by atoms with Crippen LogP contribution in [-0.2, 0) is 9.53 Å². The Kier molecular flexibility index (Phi) is 4.32. The summed E-state index contributed by atoms with van der Waals surface area (Å²) in [7, 11) is 0. The van der Waals surface area contributed by atoms with Gasteiger partial charge in [-0.3, -0.25) is 4.79 Å². The van der Waals surface area contributed by atoms with Crippen molar-refractivity contribution in [1.82, 2.24) is 9.97 Å². The molecule has 1 heterocycles. The van der Waals surface area contributed by atoms with E-state index in [4.69, 9.17) is 16.3 Å². The summed E-state index contributed by atoms with van der Waals surface area (Å²) in [6.07, 6.45) is 1.48. The van der Waals surface area contributed by atoms with Crippen molar-refractivity contribution in [2.45, 2.75) is 13.3 Å². The smallest absolute Gasteiger partial charge is 0.317 e. The molecule has 0 fully saturated rings. The lowest BCUT2D eigenvalue weighted by atomic mass is 10.1. The number of ether oxygens (including phenoxy) is 1. The van der Waals surface area contributed by atoms with Crippen LogP contribution in [0.2, 0.25) is 5.15 Å². The number of fused-ring (bicyclic) bond motifs is 1. The van der Waals surface area contributed by atoms with Gasteiger partial charge in [-0.1, -0.05) is 23.4 Å².